The zero-order valence-electron chi connectivity index (χ0n) is 13.1. The lowest BCUT2D eigenvalue weighted by molar-refractivity contribution is -0.141. The largest absolute Gasteiger partial charge is 0.494 e. The molecule has 5 nitrogen and oxygen atoms in total. The second-order valence-corrected chi connectivity index (χ2v) is 5.76. The van der Waals surface area contributed by atoms with E-state index in [4.69, 9.17) is 9.47 Å². The van der Waals surface area contributed by atoms with Crippen molar-refractivity contribution in [3.8, 4) is 5.75 Å². The van der Waals surface area contributed by atoms with E-state index in [9.17, 15) is 9.59 Å². The third kappa shape index (κ3) is 4.82. The van der Waals surface area contributed by atoms with Crippen molar-refractivity contribution < 1.29 is 19.1 Å². The van der Waals surface area contributed by atoms with Crippen LogP contribution < -0.4 is 10.1 Å². The quantitative estimate of drug-likeness (QED) is 0.791. The first-order valence-corrected chi connectivity index (χ1v) is 8.16. The minimum absolute atomic E-state index is 0.0970. The average Bonchev–Trinajstić information content (AvgIpc) is 3.09. The summed E-state index contributed by atoms with van der Waals surface area (Å²) in [5.74, 6) is 0.110. The van der Waals surface area contributed by atoms with Crippen molar-refractivity contribution in [1.82, 2.24) is 5.32 Å². The van der Waals surface area contributed by atoms with Crippen LogP contribution in [0.4, 0.5) is 0 Å². The minimum atomic E-state index is -0.401. The number of rotatable bonds is 7. The summed E-state index contributed by atoms with van der Waals surface area (Å²) < 4.78 is 10.1. The molecule has 1 aromatic heterocycles. The molecule has 122 valence electrons. The van der Waals surface area contributed by atoms with Crippen molar-refractivity contribution in [1.29, 1.82) is 0 Å². The number of methoxy groups -OCH3 is 1. The number of hydrogen-bond acceptors (Lipinski definition) is 5. The van der Waals surface area contributed by atoms with E-state index < -0.39 is 6.04 Å². The highest BCUT2D eigenvalue weighted by Gasteiger charge is 2.20. The third-order valence-corrected chi connectivity index (χ3v) is 4.20. The fraction of sp³-hybridized carbons (Fsp3) is 0.294. The molecule has 1 atom stereocenters. The normalized spacial score (nSPS) is 11.6. The number of benzene rings is 1. The van der Waals surface area contributed by atoms with E-state index in [0.717, 1.165) is 4.88 Å². The van der Waals surface area contributed by atoms with Crippen molar-refractivity contribution in [2.24, 2.45) is 0 Å². The van der Waals surface area contributed by atoms with Crippen LogP contribution in [0.25, 0.3) is 0 Å². The minimum Gasteiger partial charge on any atom is -0.494 e. The Kier molecular flexibility index (Phi) is 6.17. The summed E-state index contributed by atoms with van der Waals surface area (Å²) in [5.41, 5.74) is 0.514. The molecule has 0 saturated heterocycles. The number of carbonyl (C=O) groups is 2. The van der Waals surface area contributed by atoms with E-state index in [-0.39, 0.29) is 18.3 Å². The lowest BCUT2D eigenvalue weighted by atomic mass is 10.1. The van der Waals surface area contributed by atoms with Gasteiger partial charge in [-0.15, -0.1) is 11.3 Å². The molecule has 1 N–H and O–H groups in total. The van der Waals surface area contributed by atoms with Crippen molar-refractivity contribution in [3.05, 3.63) is 52.2 Å². The molecule has 0 bridgehead atoms. The van der Waals surface area contributed by atoms with Crippen molar-refractivity contribution in [3.63, 3.8) is 0 Å². The van der Waals surface area contributed by atoms with Gasteiger partial charge in [-0.05, 0) is 42.6 Å². The smallest absolute Gasteiger partial charge is 0.307 e. The van der Waals surface area contributed by atoms with Gasteiger partial charge in [-0.1, -0.05) is 6.07 Å². The lowest BCUT2D eigenvalue weighted by Gasteiger charge is -2.16. The molecule has 1 aromatic carbocycles. The predicted molar refractivity (Wildman–Crippen MR) is 88.8 cm³/mol. The molecule has 1 amide bonds. The van der Waals surface area contributed by atoms with E-state index in [0.29, 0.717) is 17.9 Å². The maximum Gasteiger partial charge on any atom is 0.307 e. The van der Waals surface area contributed by atoms with Crippen LogP contribution in [0.3, 0.4) is 0 Å². The summed E-state index contributed by atoms with van der Waals surface area (Å²) in [6, 6.07) is 10.3. The van der Waals surface area contributed by atoms with Crippen molar-refractivity contribution in [2.45, 2.75) is 19.4 Å². The fourth-order valence-electron chi connectivity index (χ4n) is 2.07. The van der Waals surface area contributed by atoms with E-state index >= 15 is 0 Å². The molecule has 2 rings (SSSR count). The molecule has 6 heteroatoms. The van der Waals surface area contributed by atoms with Gasteiger partial charge in [0.1, 0.15) is 5.75 Å². The molecular weight excluding hydrogens is 314 g/mol. The number of nitrogens with one attached hydrogen (secondary N) is 1. The Morgan fingerprint density at radius 1 is 1.22 bits per heavy atom. The molecule has 0 radical (unpaired) electrons. The first kappa shape index (κ1) is 17.0. The number of thiophene rings is 1. The number of ether oxygens (including phenoxy) is 2. The summed E-state index contributed by atoms with van der Waals surface area (Å²) in [4.78, 5) is 24.9. The van der Waals surface area contributed by atoms with Crippen LogP contribution in [0.2, 0.25) is 0 Å². The maximum absolute atomic E-state index is 12.4. The molecule has 23 heavy (non-hydrogen) atoms. The van der Waals surface area contributed by atoms with Crippen LogP contribution in [-0.2, 0) is 9.53 Å². The molecule has 0 aliphatic carbocycles. The number of amides is 1. The number of esters is 1. The number of hydrogen-bond donors (Lipinski definition) is 1. The topological polar surface area (TPSA) is 64.6 Å². The summed E-state index contributed by atoms with van der Waals surface area (Å²) in [6.45, 7) is 2.48. The van der Waals surface area contributed by atoms with E-state index in [1.807, 2.05) is 24.4 Å². The van der Waals surface area contributed by atoms with E-state index in [1.165, 1.54) is 18.4 Å². The molecule has 0 fully saturated rings. The van der Waals surface area contributed by atoms with Gasteiger partial charge in [-0.25, -0.2) is 0 Å². The molecule has 0 aliphatic rings. The predicted octanol–water partition coefficient (Wildman–Crippen LogP) is 3.18. The lowest BCUT2D eigenvalue weighted by Crippen LogP contribution is -2.30. The second-order valence-electron chi connectivity index (χ2n) is 4.78. The summed E-state index contributed by atoms with van der Waals surface area (Å²) in [6.07, 6.45) is 0.0970. The van der Waals surface area contributed by atoms with Crippen LogP contribution in [0.15, 0.2) is 41.8 Å². The molecule has 0 aliphatic heterocycles. The molecule has 0 spiro atoms. The van der Waals surface area contributed by atoms with E-state index in [2.05, 4.69) is 5.32 Å². The standard InChI is InChI=1S/C17H19NO4S/c1-3-22-13-8-6-12(7-9-13)17(20)18-14(11-16(19)21-2)15-5-4-10-23-15/h4-10,14H,3,11H2,1-2H3,(H,18,20)/t14-/m1/s1. The molecule has 0 saturated carbocycles. The highest BCUT2D eigenvalue weighted by Crippen LogP contribution is 2.23. The van der Waals surface area contributed by atoms with Crippen LogP contribution in [0.5, 0.6) is 5.75 Å². The Labute approximate surface area is 139 Å². The van der Waals surface area contributed by atoms with E-state index in [1.54, 1.807) is 24.3 Å². The monoisotopic (exact) mass is 333 g/mol. The summed E-state index contributed by atoms with van der Waals surface area (Å²) >= 11 is 1.49. The van der Waals surface area contributed by atoms with Gasteiger partial charge >= 0.3 is 5.97 Å². The van der Waals surface area contributed by atoms with Gasteiger partial charge in [-0.3, -0.25) is 9.59 Å². The van der Waals surface area contributed by atoms with Gasteiger partial charge in [0.05, 0.1) is 26.2 Å². The van der Waals surface area contributed by atoms with Crippen molar-refractivity contribution >= 4 is 23.2 Å². The summed E-state index contributed by atoms with van der Waals surface area (Å²) in [5, 5.41) is 4.79. The van der Waals surface area contributed by atoms with Gasteiger partial charge < -0.3 is 14.8 Å². The van der Waals surface area contributed by atoms with Crippen LogP contribution >= 0.6 is 11.3 Å². The fourth-order valence-corrected chi connectivity index (χ4v) is 2.85. The highest BCUT2D eigenvalue weighted by atomic mass is 32.1. The number of carbonyl (C=O) groups excluding carboxylic acids is 2. The zero-order chi connectivity index (χ0) is 16.7. The first-order valence-electron chi connectivity index (χ1n) is 7.28. The van der Waals surface area contributed by atoms with Gasteiger partial charge in [-0.2, -0.15) is 0 Å². The SMILES string of the molecule is CCOc1ccc(C(=O)N[C@H](CC(=O)OC)c2cccs2)cc1. The Balaban J connectivity index is 2.09. The molecular formula is C17H19NO4S. The Morgan fingerprint density at radius 3 is 2.52 bits per heavy atom. The Morgan fingerprint density at radius 2 is 1.96 bits per heavy atom. The molecule has 2 aromatic rings. The zero-order valence-corrected chi connectivity index (χ0v) is 13.9. The Bertz CT molecular complexity index is 637. The molecule has 0 unspecified atom stereocenters. The molecule has 1 heterocycles. The summed E-state index contributed by atoms with van der Waals surface area (Å²) in [7, 11) is 1.34. The van der Waals surface area contributed by atoms with Gasteiger partial charge in [0.2, 0.25) is 0 Å². The van der Waals surface area contributed by atoms with Crippen LogP contribution in [0.1, 0.15) is 34.6 Å². The van der Waals surface area contributed by atoms with Crippen LogP contribution in [0, 0.1) is 0 Å². The van der Waals surface area contributed by atoms with Gasteiger partial charge in [0, 0.05) is 10.4 Å². The third-order valence-electron chi connectivity index (χ3n) is 3.22. The average molecular weight is 333 g/mol. The second kappa shape index (κ2) is 8.33. The highest BCUT2D eigenvalue weighted by molar-refractivity contribution is 7.10. The maximum atomic E-state index is 12.4. The first-order chi connectivity index (χ1) is 11.1. The van der Waals surface area contributed by atoms with Crippen molar-refractivity contribution in [2.75, 3.05) is 13.7 Å². The van der Waals surface area contributed by atoms with Gasteiger partial charge in [0.15, 0.2) is 0 Å². The van der Waals surface area contributed by atoms with Crippen LogP contribution in [-0.4, -0.2) is 25.6 Å². The Hall–Kier alpha value is -2.34. The van der Waals surface area contributed by atoms with Gasteiger partial charge in [0.25, 0.3) is 5.91 Å².